The minimum atomic E-state index is 0.210. The van der Waals surface area contributed by atoms with E-state index in [1.54, 1.807) is 14.2 Å². The maximum Gasteiger partial charge on any atom is 0.224 e. The number of para-hydroxylation sites is 1. The van der Waals surface area contributed by atoms with Crippen molar-refractivity contribution >= 4 is 17.6 Å². The number of carbonyl (C=O) groups is 1. The minimum Gasteiger partial charge on any atom is -0.382 e. The number of hydrogen-bond acceptors (Lipinski definition) is 5. The Morgan fingerprint density at radius 2 is 1.87 bits per heavy atom. The molecule has 172 valence electrons. The number of rotatable bonds is 9. The molecule has 1 unspecified atom stereocenters. The van der Waals surface area contributed by atoms with Crippen molar-refractivity contribution in [1.82, 2.24) is 15.1 Å². The summed E-state index contributed by atoms with van der Waals surface area (Å²) in [6, 6.07) is 10.4. The van der Waals surface area contributed by atoms with E-state index < -0.39 is 0 Å². The van der Waals surface area contributed by atoms with Gasteiger partial charge in [0, 0.05) is 78.0 Å². The van der Waals surface area contributed by atoms with E-state index in [1.165, 1.54) is 5.69 Å². The summed E-state index contributed by atoms with van der Waals surface area (Å²) >= 11 is 0. The molecule has 2 saturated heterocycles. The first-order valence-corrected chi connectivity index (χ1v) is 11.3. The first-order chi connectivity index (χ1) is 15.2. The number of nitrogens with one attached hydrogen (secondary N) is 1. The highest BCUT2D eigenvalue weighted by atomic mass is 16.5. The normalized spacial score (nSPS) is 19.7. The highest BCUT2D eigenvalue weighted by Gasteiger charge is 2.25. The third-order valence-electron chi connectivity index (χ3n) is 5.96. The second-order valence-electron chi connectivity index (χ2n) is 8.10. The Morgan fingerprint density at radius 3 is 2.58 bits per heavy atom. The van der Waals surface area contributed by atoms with Gasteiger partial charge in [-0.15, -0.1) is 0 Å². The number of nitrogens with zero attached hydrogens (tertiary/aromatic N) is 4. The van der Waals surface area contributed by atoms with Crippen LogP contribution in [0.15, 0.2) is 35.3 Å². The molecule has 0 aromatic heterocycles. The fourth-order valence-electron chi connectivity index (χ4n) is 4.18. The maximum absolute atomic E-state index is 12.6. The van der Waals surface area contributed by atoms with Crippen LogP contribution in [0.25, 0.3) is 0 Å². The van der Waals surface area contributed by atoms with Gasteiger partial charge in [-0.05, 0) is 18.6 Å². The molecule has 2 aliphatic rings. The summed E-state index contributed by atoms with van der Waals surface area (Å²) in [5, 5.41) is 3.37. The molecule has 1 atom stereocenters. The Labute approximate surface area is 186 Å². The van der Waals surface area contributed by atoms with E-state index in [9.17, 15) is 4.79 Å². The van der Waals surface area contributed by atoms with E-state index in [2.05, 4.69) is 44.4 Å². The zero-order chi connectivity index (χ0) is 21.9. The number of carbonyl (C=O) groups excluding carboxylic acids is 1. The molecule has 1 N–H and O–H groups in total. The summed E-state index contributed by atoms with van der Waals surface area (Å²) in [7, 11) is 3.49. The molecule has 2 fully saturated rings. The fraction of sp³-hybridized carbons (Fsp3) is 0.652. The average Bonchev–Trinajstić information content (AvgIpc) is 3.29. The van der Waals surface area contributed by atoms with Gasteiger partial charge in [-0.2, -0.15) is 0 Å². The molecule has 31 heavy (non-hydrogen) atoms. The first kappa shape index (κ1) is 23.3. The van der Waals surface area contributed by atoms with Gasteiger partial charge in [-0.1, -0.05) is 18.2 Å². The standard InChI is InChI=1S/C23H37N5O3/c1-24-23(28-11-9-20(18-28)19-31-17-16-30-2)25-10-8-22(29)27-14-12-26(13-15-27)21-6-4-3-5-7-21/h3-7,20H,8-19H2,1-2H3,(H,24,25). The maximum atomic E-state index is 12.6. The lowest BCUT2D eigenvalue weighted by Crippen LogP contribution is -2.49. The largest absolute Gasteiger partial charge is 0.382 e. The van der Waals surface area contributed by atoms with Crippen molar-refractivity contribution in [2.45, 2.75) is 12.8 Å². The molecular weight excluding hydrogens is 394 g/mol. The summed E-state index contributed by atoms with van der Waals surface area (Å²) < 4.78 is 10.7. The molecule has 8 nitrogen and oxygen atoms in total. The van der Waals surface area contributed by atoms with Crippen molar-refractivity contribution in [1.29, 1.82) is 0 Å². The molecular formula is C23H37N5O3. The first-order valence-electron chi connectivity index (χ1n) is 11.3. The molecule has 0 spiro atoms. The Hall–Kier alpha value is -2.32. The van der Waals surface area contributed by atoms with Gasteiger partial charge < -0.3 is 29.5 Å². The Kier molecular flexibility index (Phi) is 9.42. The van der Waals surface area contributed by atoms with Crippen molar-refractivity contribution in [3.05, 3.63) is 30.3 Å². The second-order valence-corrected chi connectivity index (χ2v) is 8.10. The molecule has 1 amide bonds. The van der Waals surface area contributed by atoms with Gasteiger partial charge in [-0.25, -0.2) is 0 Å². The van der Waals surface area contributed by atoms with Gasteiger partial charge in [0.2, 0.25) is 5.91 Å². The van der Waals surface area contributed by atoms with Crippen LogP contribution >= 0.6 is 0 Å². The van der Waals surface area contributed by atoms with E-state index in [-0.39, 0.29) is 5.91 Å². The van der Waals surface area contributed by atoms with Crippen LogP contribution in [-0.2, 0) is 14.3 Å². The van der Waals surface area contributed by atoms with Gasteiger partial charge in [0.05, 0.1) is 19.8 Å². The van der Waals surface area contributed by atoms with Crippen LogP contribution in [-0.4, -0.2) is 101 Å². The lowest BCUT2D eigenvalue weighted by atomic mass is 10.1. The van der Waals surface area contributed by atoms with Crippen LogP contribution < -0.4 is 10.2 Å². The predicted molar refractivity (Wildman–Crippen MR) is 124 cm³/mol. The summed E-state index contributed by atoms with van der Waals surface area (Å²) in [5.74, 6) is 1.60. The lowest BCUT2D eigenvalue weighted by molar-refractivity contribution is -0.131. The second kappa shape index (κ2) is 12.5. The number of amides is 1. The zero-order valence-electron chi connectivity index (χ0n) is 19.0. The molecule has 1 aromatic rings. The van der Waals surface area contributed by atoms with Gasteiger partial charge >= 0.3 is 0 Å². The van der Waals surface area contributed by atoms with Crippen molar-refractivity contribution < 1.29 is 14.3 Å². The third-order valence-corrected chi connectivity index (χ3v) is 5.96. The molecule has 2 aliphatic heterocycles. The van der Waals surface area contributed by atoms with Crippen molar-refractivity contribution in [3.63, 3.8) is 0 Å². The van der Waals surface area contributed by atoms with E-state index in [4.69, 9.17) is 9.47 Å². The summed E-state index contributed by atoms with van der Waals surface area (Å²) in [5.41, 5.74) is 1.23. The van der Waals surface area contributed by atoms with Gasteiger partial charge in [0.1, 0.15) is 0 Å². The molecule has 0 aliphatic carbocycles. The number of hydrogen-bond donors (Lipinski definition) is 1. The molecule has 1 aromatic carbocycles. The van der Waals surface area contributed by atoms with E-state index in [1.807, 2.05) is 11.0 Å². The average molecular weight is 432 g/mol. The minimum absolute atomic E-state index is 0.210. The van der Waals surface area contributed by atoms with E-state index >= 15 is 0 Å². The Balaban J connectivity index is 1.33. The number of anilines is 1. The van der Waals surface area contributed by atoms with Gasteiger partial charge in [0.15, 0.2) is 5.96 Å². The molecule has 0 saturated carbocycles. The summed E-state index contributed by atoms with van der Waals surface area (Å²) in [6.07, 6.45) is 1.58. The van der Waals surface area contributed by atoms with Crippen molar-refractivity contribution in [2.24, 2.45) is 10.9 Å². The van der Waals surface area contributed by atoms with Gasteiger partial charge in [0.25, 0.3) is 0 Å². The van der Waals surface area contributed by atoms with Crippen molar-refractivity contribution in [2.75, 3.05) is 84.7 Å². The number of likely N-dealkylation sites (tertiary alicyclic amines) is 1. The molecule has 2 heterocycles. The van der Waals surface area contributed by atoms with Crippen LogP contribution in [0.2, 0.25) is 0 Å². The molecule has 8 heteroatoms. The number of aliphatic imine (C=N–C) groups is 1. The lowest BCUT2D eigenvalue weighted by Gasteiger charge is -2.36. The molecule has 3 rings (SSSR count). The predicted octanol–water partition coefficient (Wildman–Crippen LogP) is 1.29. The van der Waals surface area contributed by atoms with Crippen LogP contribution in [0.3, 0.4) is 0 Å². The van der Waals surface area contributed by atoms with Crippen LogP contribution in [0.5, 0.6) is 0 Å². The van der Waals surface area contributed by atoms with Crippen LogP contribution in [0.4, 0.5) is 5.69 Å². The summed E-state index contributed by atoms with van der Waals surface area (Å²) in [4.78, 5) is 23.6. The number of benzene rings is 1. The number of methoxy groups -OCH3 is 1. The number of guanidine groups is 1. The Bertz CT molecular complexity index is 692. The highest BCUT2D eigenvalue weighted by Crippen LogP contribution is 2.17. The Morgan fingerprint density at radius 1 is 1.10 bits per heavy atom. The molecule has 0 bridgehead atoms. The number of ether oxygens (including phenoxy) is 2. The molecule has 0 radical (unpaired) electrons. The third kappa shape index (κ3) is 7.11. The SMILES string of the molecule is CN=C(NCCC(=O)N1CCN(c2ccccc2)CC1)N1CCC(COCCOC)C1. The van der Waals surface area contributed by atoms with Crippen LogP contribution in [0, 0.1) is 5.92 Å². The smallest absolute Gasteiger partial charge is 0.224 e. The van der Waals surface area contributed by atoms with E-state index in [0.717, 1.165) is 58.3 Å². The summed E-state index contributed by atoms with van der Waals surface area (Å²) in [6.45, 7) is 7.85. The van der Waals surface area contributed by atoms with E-state index in [0.29, 0.717) is 32.1 Å². The van der Waals surface area contributed by atoms with Crippen LogP contribution in [0.1, 0.15) is 12.8 Å². The van der Waals surface area contributed by atoms with Gasteiger partial charge in [-0.3, -0.25) is 9.79 Å². The van der Waals surface area contributed by atoms with Crippen molar-refractivity contribution in [3.8, 4) is 0 Å². The highest BCUT2D eigenvalue weighted by molar-refractivity contribution is 5.81. The monoisotopic (exact) mass is 431 g/mol. The topological polar surface area (TPSA) is 69.6 Å². The zero-order valence-corrected chi connectivity index (χ0v) is 19.0. The quantitative estimate of drug-likeness (QED) is 0.361. The fourth-order valence-corrected chi connectivity index (χ4v) is 4.18. The number of piperazine rings is 1.